The van der Waals surface area contributed by atoms with Crippen LogP contribution in [0, 0.1) is 5.92 Å². The van der Waals surface area contributed by atoms with Gasteiger partial charge in [-0.2, -0.15) is 11.8 Å². The van der Waals surface area contributed by atoms with E-state index in [1.807, 2.05) is 6.26 Å². The average molecular weight is 273 g/mol. The van der Waals surface area contributed by atoms with Gasteiger partial charge < -0.3 is 11.1 Å². The summed E-state index contributed by atoms with van der Waals surface area (Å²) in [6, 6.07) is 5.07. The number of halogens is 1. The van der Waals surface area contributed by atoms with E-state index < -0.39 is 0 Å². The first kappa shape index (κ1) is 14.2. The fourth-order valence-electron chi connectivity index (χ4n) is 1.44. The Morgan fingerprint density at radius 1 is 1.59 bits per heavy atom. The van der Waals surface area contributed by atoms with Crippen molar-refractivity contribution in [1.29, 1.82) is 0 Å². The number of amides is 1. The molecular formula is C12H17ClN2OS. The zero-order valence-corrected chi connectivity index (χ0v) is 11.6. The van der Waals surface area contributed by atoms with Crippen LogP contribution in [0.15, 0.2) is 18.2 Å². The van der Waals surface area contributed by atoms with E-state index in [0.29, 0.717) is 28.7 Å². The molecule has 1 atom stereocenters. The van der Waals surface area contributed by atoms with Crippen LogP contribution in [-0.2, 0) is 0 Å². The number of rotatable bonds is 5. The van der Waals surface area contributed by atoms with Crippen LogP contribution in [-0.4, -0.2) is 24.5 Å². The summed E-state index contributed by atoms with van der Waals surface area (Å²) < 4.78 is 0. The van der Waals surface area contributed by atoms with E-state index in [1.54, 1.807) is 30.0 Å². The Morgan fingerprint density at radius 2 is 2.29 bits per heavy atom. The first-order chi connectivity index (χ1) is 8.06. The molecule has 0 bridgehead atoms. The number of anilines is 1. The van der Waals surface area contributed by atoms with Gasteiger partial charge >= 0.3 is 0 Å². The number of nitrogens with two attached hydrogens (primary N) is 1. The van der Waals surface area contributed by atoms with Gasteiger partial charge in [-0.25, -0.2) is 0 Å². The highest BCUT2D eigenvalue weighted by atomic mass is 35.5. The van der Waals surface area contributed by atoms with Gasteiger partial charge in [0.25, 0.3) is 5.91 Å². The SMILES string of the molecule is CSCC(C)CNC(=O)c1cccc(Cl)c1N. The minimum Gasteiger partial charge on any atom is -0.397 e. The van der Waals surface area contributed by atoms with Crippen molar-refractivity contribution in [1.82, 2.24) is 5.32 Å². The van der Waals surface area contributed by atoms with E-state index in [0.717, 1.165) is 5.75 Å². The summed E-state index contributed by atoms with van der Waals surface area (Å²) in [5, 5.41) is 3.27. The maximum Gasteiger partial charge on any atom is 0.253 e. The number of benzene rings is 1. The minimum absolute atomic E-state index is 0.169. The van der Waals surface area contributed by atoms with E-state index in [4.69, 9.17) is 17.3 Å². The van der Waals surface area contributed by atoms with Gasteiger partial charge in [-0.1, -0.05) is 24.6 Å². The summed E-state index contributed by atoms with van der Waals surface area (Å²) in [6.07, 6.45) is 2.05. The van der Waals surface area contributed by atoms with E-state index in [1.165, 1.54) is 0 Å². The normalized spacial score (nSPS) is 12.2. The maximum absolute atomic E-state index is 11.9. The molecule has 0 heterocycles. The Kier molecular flexibility index (Phi) is 5.65. The van der Waals surface area contributed by atoms with Gasteiger partial charge in [0.15, 0.2) is 0 Å². The van der Waals surface area contributed by atoms with Crippen molar-refractivity contribution in [2.24, 2.45) is 5.92 Å². The highest BCUT2D eigenvalue weighted by Gasteiger charge is 2.12. The molecule has 0 aliphatic heterocycles. The fraction of sp³-hybridized carbons (Fsp3) is 0.417. The lowest BCUT2D eigenvalue weighted by Crippen LogP contribution is -2.29. The van der Waals surface area contributed by atoms with Crippen molar-refractivity contribution in [3.8, 4) is 0 Å². The smallest absolute Gasteiger partial charge is 0.253 e. The van der Waals surface area contributed by atoms with Gasteiger partial charge in [0.1, 0.15) is 0 Å². The van der Waals surface area contributed by atoms with Crippen LogP contribution < -0.4 is 11.1 Å². The average Bonchev–Trinajstić information content (AvgIpc) is 2.30. The number of thioether (sulfide) groups is 1. The quantitative estimate of drug-likeness (QED) is 0.811. The van der Waals surface area contributed by atoms with Crippen LogP contribution in [0.4, 0.5) is 5.69 Å². The molecule has 94 valence electrons. The third kappa shape index (κ3) is 4.13. The number of hydrogen-bond donors (Lipinski definition) is 2. The number of nitrogens with one attached hydrogen (secondary N) is 1. The van der Waals surface area contributed by atoms with Crippen molar-refractivity contribution in [2.45, 2.75) is 6.92 Å². The molecule has 1 unspecified atom stereocenters. The van der Waals surface area contributed by atoms with Gasteiger partial charge in [-0.3, -0.25) is 4.79 Å². The Morgan fingerprint density at radius 3 is 2.94 bits per heavy atom. The molecular weight excluding hydrogens is 256 g/mol. The van der Waals surface area contributed by atoms with Crippen LogP contribution in [0.2, 0.25) is 5.02 Å². The first-order valence-electron chi connectivity index (χ1n) is 5.37. The molecule has 17 heavy (non-hydrogen) atoms. The molecule has 0 saturated heterocycles. The molecule has 5 heteroatoms. The summed E-state index contributed by atoms with van der Waals surface area (Å²) in [7, 11) is 0. The van der Waals surface area contributed by atoms with Gasteiger partial charge in [0, 0.05) is 6.54 Å². The summed E-state index contributed by atoms with van der Waals surface area (Å²) in [4.78, 5) is 11.9. The second-order valence-electron chi connectivity index (χ2n) is 3.97. The predicted octanol–water partition coefficient (Wildman–Crippen LogP) is 2.65. The number of carbonyl (C=O) groups is 1. The van der Waals surface area contributed by atoms with Gasteiger partial charge in [-0.05, 0) is 30.1 Å². The lowest BCUT2D eigenvalue weighted by atomic mass is 10.1. The molecule has 0 radical (unpaired) electrons. The van der Waals surface area contributed by atoms with Crippen LogP contribution in [0.1, 0.15) is 17.3 Å². The van der Waals surface area contributed by atoms with Crippen molar-refractivity contribution in [3.05, 3.63) is 28.8 Å². The van der Waals surface area contributed by atoms with E-state index in [2.05, 4.69) is 12.2 Å². The summed E-state index contributed by atoms with van der Waals surface area (Å²) in [6.45, 7) is 2.74. The summed E-state index contributed by atoms with van der Waals surface area (Å²) in [5.74, 6) is 1.29. The maximum atomic E-state index is 11.9. The molecule has 0 fully saturated rings. The molecule has 0 saturated carbocycles. The molecule has 0 aromatic heterocycles. The molecule has 0 aliphatic rings. The van der Waals surface area contributed by atoms with Crippen molar-refractivity contribution in [3.63, 3.8) is 0 Å². The molecule has 3 nitrogen and oxygen atoms in total. The lowest BCUT2D eigenvalue weighted by molar-refractivity contribution is 0.0950. The standard InChI is InChI=1S/C12H17ClN2OS/c1-8(7-17-2)6-15-12(16)9-4-3-5-10(13)11(9)14/h3-5,8H,6-7,14H2,1-2H3,(H,15,16). The summed E-state index contributed by atoms with van der Waals surface area (Å²) >= 11 is 7.63. The molecule has 1 rings (SSSR count). The molecule has 0 spiro atoms. The Balaban J connectivity index is 2.61. The van der Waals surface area contributed by atoms with Crippen LogP contribution >= 0.6 is 23.4 Å². The second kappa shape index (κ2) is 6.77. The zero-order chi connectivity index (χ0) is 12.8. The monoisotopic (exact) mass is 272 g/mol. The fourth-order valence-corrected chi connectivity index (χ4v) is 2.30. The van der Waals surface area contributed by atoms with Crippen LogP contribution in [0.25, 0.3) is 0 Å². The highest BCUT2D eigenvalue weighted by Crippen LogP contribution is 2.22. The Bertz CT molecular complexity index is 398. The Hall–Kier alpha value is -0.870. The molecule has 0 aliphatic carbocycles. The van der Waals surface area contributed by atoms with Crippen LogP contribution in [0.5, 0.6) is 0 Å². The third-order valence-electron chi connectivity index (χ3n) is 2.36. The van der Waals surface area contributed by atoms with Crippen molar-refractivity contribution < 1.29 is 4.79 Å². The molecule has 1 aromatic carbocycles. The minimum atomic E-state index is -0.169. The van der Waals surface area contributed by atoms with E-state index >= 15 is 0 Å². The third-order valence-corrected chi connectivity index (χ3v) is 3.59. The van der Waals surface area contributed by atoms with Gasteiger partial charge in [0.2, 0.25) is 0 Å². The number of carbonyl (C=O) groups excluding carboxylic acids is 1. The predicted molar refractivity (Wildman–Crippen MR) is 75.7 cm³/mol. The van der Waals surface area contributed by atoms with E-state index in [-0.39, 0.29) is 5.91 Å². The topological polar surface area (TPSA) is 55.1 Å². The molecule has 3 N–H and O–H groups in total. The van der Waals surface area contributed by atoms with Crippen molar-refractivity contribution in [2.75, 3.05) is 24.3 Å². The number of nitrogen functional groups attached to an aromatic ring is 1. The first-order valence-corrected chi connectivity index (χ1v) is 7.14. The highest BCUT2D eigenvalue weighted by molar-refractivity contribution is 7.98. The van der Waals surface area contributed by atoms with E-state index in [9.17, 15) is 4.79 Å². The van der Waals surface area contributed by atoms with Gasteiger partial charge in [-0.15, -0.1) is 0 Å². The van der Waals surface area contributed by atoms with Crippen LogP contribution in [0.3, 0.4) is 0 Å². The Labute approximate surface area is 111 Å². The van der Waals surface area contributed by atoms with Crippen molar-refractivity contribution >= 4 is 35.0 Å². The molecule has 1 aromatic rings. The lowest BCUT2D eigenvalue weighted by Gasteiger charge is -2.12. The zero-order valence-electron chi connectivity index (χ0n) is 10.00. The summed E-state index contributed by atoms with van der Waals surface area (Å²) in [5.41, 5.74) is 6.53. The molecule has 1 amide bonds. The largest absolute Gasteiger partial charge is 0.397 e. The van der Waals surface area contributed by atoms with Gasteiger partial charge in [0.05, 0.1) is 16.3 Å². The number of hydrogen-bond acceptors (Lipinski definition) is 3. The number of para-hydroxylation sites is 1. The second-order valence-corrected chi connectivity index (χ2v) is 5.29.